The SMILES string of the molecule is C=CCCOCCOc1ccc(NC(=O)c2ccc(OCCOCCC=C)cc2)cc1. The average molecular weight is 426 g/mol. The van der Waals surface area contributed by atoms with E-state index in [0.29, 0.717) is 56.6 Å². The third kappa shape index (κ3) is 9.98. The van der Waals surface area contributed by atoms with Crippen LogP contribution in [0.25, 0.3) is 0 Å². The number of carbonyl (C=O) groups is 1. The zero-order valence-electron chi connectivity index (χ0n) is 17.9. The van der Waals surface area contributed by atoms with Gasteiger partial charge >= 0.3 is 0 Å². The van der Waals surface area contributed by atoms with Crippen molar-refractivity contribution in [2.75, 3.05) is 45.0 Å². The quantitative estimate of drug-likeness (QED) is 0.307. The number of nitrogens with one attached hydrogen (secondary N) is 1. The van der Waals surface area contributed by atoms with E-state index in [-0.39, 0.29) is 5.91 Å². The predicted molar refractivity (Wildman–Crippen MR) is 123 cm³/mol. The topological polar surface area (TPSA) is 66.0 Å². The number of benzene rings is 2. The molecule has 0 atom stereocenters. The first-order chi connectivity index (χ1) is 15.2. The van der Waals surface area contributed by atoms with Gasteiger partial charge in [0.05, 0.1) is 26.4 Å². The molecule has 6 heteroatoms. The summed E-state index contributed by atoms with van der Waals surface area (Å²) in [6.45, 7) is 10.5. The van der Waals surface area contributed by atoms with Crippen LogP contribution in [0, 0.1) is 0 Å². The summed E-state index contributed by atoms with van der Waals surface area (Å²) in [4.78, 5) is 12.4. The number of amides is 1. The zero-order chi connectivity index (χ0) is 22.2. The van der Waals surface area contributed by atoms with Gasteiger partial charge in [-0.15, -0.1) is 13.2 Å². The number of hydrogen-bond acceptors (Lipinski definition) is 5. The molecule has 0 aromatic heterocycles. The smallest absolute Gasteiger partial charge is 0.255 e. The Kier molecular flexibility index (Phi) is 11.6. The van der Waals surface area contributed by atoms with Gasteiger partial charge in [-0.2, -0.15) is 0 Å². The highest BCUT2D eigenvalue weighted by Crippen LogP contribution is 2.18. The molecule has 166 valence electrons. The van der Waals surface area contributed by atoms with Crippen molar-refractivity contribution in [2.45, 2.75) is 12.8 Å². The van der Waals surface area contributed by atoms with E-state index >= 15 is 0 Å². The van der Waals surface area contributed by atoms with Crippen molar-refractivity contribution < 1.29 is 23.7 Å². The molecule has 2 aromatic rings. The minimum absolute atomic E-state index is 0.191. The summed E-state index contributed by atoms with van der Waals surface area (Å²) in [5.74, 6) is 1.22. The molecular formula is C25H31NO5. The molecule has 1 amide bonds. The van der Waals surface area contributed by atoms with Gasteiger partial charge in [0, 0.05) is 11.3 Å². The Morgan fingerprint density at radius 1 is 0.710 bits per heavy atom. The number of carbonyl (C=O) groups excluding carboxylic acids is 1. The van der Waals surface area contributed by atoms with Crippen molar-refractivity contribution in [3.05, 3.63) is 79.4 Å². The zero-order valence-corrected chi connectivity index (χ0v) is 17.9. The van der Waals surface area contributed by atoms with Gasteiger partial charge in [-0.25, -0.2) is 0 Å². The van der Waals surface area contributed by atoms with Crippen LogP contribution in [0.15, 0.2) is 73.8 Å². The van der Waals surface area contributed by atoms with E-state index in [1.807, 2.05) is 24.3 Å². The molecule has 0 aliphatic carbocycles. The Morgan fingerprint density at radius 3 is 1.68 bits per heavy atom. The lowest BCUT2D eigenvalue weighted by molar-refractivity contribution is 0.102. The molecule has 0 saturated heterocycles. The van der Waals surface area contributed by atoms with E-state index in [4.69, 9.17) is 18.9 Å². The summed E-state index contributed by atoms with van der Waals surface area (Å²) in [7, 11) is 0. The molecule has 0 fully saturated rings. The first-order valence-electron chi connectivity index (χ1n) is 10.4. The molecule has 0 heterocycles. The van der Waals surface area contributed by atoms with Crippen LogP contribution >= 0.6 is 0 Å². The van der Waals surface area contributed by atoms with Gasteiger partial charge in [0.25, 0.3) is 5.91 Å². The maximum atomic E-state index is 12.4. The Balaban J connectivity index is 1.70. The van der Waals surface area contributed by atoms with Gasteiger partial charge in [-0.1, -0.05) is 12.2 Å². The maximum Gasteiger partial charge on any atom is 0.255 e. The molecule has 6 nitrogen and oxygen atoms in total. The summed E-state index contributed by atoms with van der Waals surface area (Å²) in [6.07, 6.45) is 5.29. The third-order valence-electron chi connectivity index (χ3n) is 4.15. The summed E-state index contributed by atoms with van der Waals surface area (Å²) in [5, 5.41) is 2.87. The number of anilines is 1. The second-order valence-corrected chi connectivity index (χ2v) is 6.58. The Morgan fingerprint density at radius 2 is 1.19 bits per heavy atom. The van der Waals surface area contributed by atoms with E-state index in [9.17, 15) is 4.79 Å². The molecule has 0 unspecified atom stereocenters. The Labute approximate surface area is 184 Å². The highest BCUT2D eigenvalue weighted by Gasteiger charge is 2.07. The second kappa shape index (κ2) is 14.8. The molecule has 0 spiro atoms. The van der Waals surface area contributed by atoms with E-state index < -0.39 is 0 Å². The van der Waals surface area contributed by atoms with Crippen LogP contribution in [0.3, 0.4) is 0 Å². The molecule has 0 saturated carbocycles. The van der Waals surface area contributed by atoms with Gasteiger partial charge in [0.15, 0.2) is 0 Å². The van der Waals surface area contributed by atoms with Gasteiger partial charge in [-0.3, -0.25) is 4.79 Å². The highest BCUT2D eigenvalue weighted by atomic mass is 16.5. The first-order valence-corrected chi connectivity index (χ1v) is 10.4. The summed E-state index contributed by atoms with van der Waals surface area (Å²) >= 11 is 0. The fourth-order valence-corrected chi connectivity index (χ4v) is 2.51. The summed E-state index contributed by atoms with van der Waals surface area (Å²) in [5.41, 5.74) is 1.24. The molecule has 0 aliphatic heterocycles. The fourth-order valence-electron chi connectivity index (χ4n) is 2.51. The number of hydrogen-bond donors (Lipinski definition) is 1. The molecule has 0 radical (unpaired) electrons. The van der Waals surface area contributed by atoms with Crippen molar-refractivity contribution in [2.24, 2.45) is 0 Å². The monoisotopic (exact) mass is 425 g/mol. The van der Waals surface area contributed by atoms with E-state index in [0.717, 1.165) is 18.6 Å². The van der Waals surface area contributed by atoms with Gasteiger partial charge in [-0.05, 0) is 61.4 Å². The van der Waals surface area contributed by atoms with Crippen molar-refractivity contribution in [3.63, 3.8) is 0 Å². The van der Waals surface area contributed by atoms with Crippen LogP contribution in [0.2, 0.25) is 0 Å². The lowest BCUT2D eigenvalue weighted by Gasteiger charge is -2.10. The molecular weight excluding hydrogens is 394 g/mol. The fraction of sp³-hybridized carbons (Fsp3) is 0.320. The average Bonchev–Trinajstić information content (AvgIpc) is 2.80. The highest BCUT2D eigenvalue weighted by molar-refractivity contribution is 6.04. The molecule has 0 bridgehead atoms. The minimum atomic E-state index is -0.191. The number of rotatable bonds is 16. The van der Waals surface area contributed by atoms with Gasteiger partial charge < -0.3 is 24.3 Å². The van der Waals surface area contributed by atoms with Crippen LogP contribution in [-0.4, -0.2) is 45.5 Å². The van der Waals surface area contributed by atoms with E-state index in [1.165, 1.54) is 0 Å². The van der Waals surface area contributed by atoms with Crippen LogP contribution in [0.5, 0.6) is 11.5 Å². The minimum Gasteiger partial charge on any atom is -0.491 e. The molecule has 2 aromatic carbocycles. The van der Waals surface area contributed by atoms with Crippen LogP contribution in [0.4, 0.5) is 5.69 Å². The van der Waals surface area contributed by atoms with Crippen molar-refractivity contribution in [1.29, 1.82) is 0 Å². The van der Waals surface area contributed by atoms with Crippen LogP contribution in [0.1, 0.15) is 23.2 Å². The molecule has 2 rings (SSSR count). The van der Waals surface area contributed by atoms with Gasteiger partial charge in [0.1, 0.15) is 24.7 Å². The van der Waals surface area contributed by atoms with Crippen molar-refractivity contribution in [1.82, 2.24) is 0 Å². The van der Waals surface area contributed by atoms with E-state index in [2.05, 4.69) is 18.5 Å². The molecule has 1 N–H and O–H groups in total. The van der Waals surface area contributed by atoms with Crippen LogP contribution in [-0.2, 0) is 9.47 Å². The molecule has 0 aliphatic rings. The Hall–Kier alpha value is -3.09. The molecule has 31 heavy (non-hydrogen) atoms. The van der Waals surface area contributed by atoms with Crippen molar-refractivity contribution >= 4 is 11.6 Å². The normalized spacial score (nSPS) is 10.3. The maximum absolute atomic E-state index is 12.4. The summed E-state index contributed by atoms with van der Waals surface area (Å²) in [6, 6.07) is 14.2. The largest absolute Gasteiger partial charge is 0.491 e. The third-order valence-corrected chi connectivity index (χ3v) is 4.15. The Bertz CT molecular complexity index is 787. The lowest BCUT2D eigenvalue weighted by Crippen LogP contribution is -2.12. The summed E-state index contributed by atoms with van der Waals surface area (Å²) < 4.78 is 22.0. The number of ether oxygens (including phenoxy) is 4. The first kappa shape index (κ1) is 24.2. The standard InChI is InChI=1S/C25H31NO5/c1-3-5-15-28-17-19-30-23-11-7-21(8-12-23)25(27)26-22-9-13-24(14-10-22)31-20-18-29-16-6-4-2/h3-4,7-14H,1-2,5-6,15-20H2,(H,26,27). The van der Waals surface area contributed by atoms with Crippen LogP contribution < -0.4 is 14.8 Å². The van der Waals surface area contributed by atoms with Crippen molar-refractivity contribution in [3.8, 4) is 11.5 Å². The van der Waals surface area contributed by atoms with E-state index in [1.54, 1.807) is 36.4 Å². The second-order valence-electron chi connectivity index (χ2n) is 6.58. The lowest BCUT2D eigenvalue weighted by atomic mass is 10.2. The van der Waals surface area contributed by atoms with Gasteiger partial charge in [0.2, 0.25) is 0 Å². The predicted octanol–water partition coefficient (Wildman–Crippen LogP) is 4.88.